The van der Waals surface area contributed by atoms with E-state index in [4.69, 9.17) is 0 Å². The number of nitrogens with one attached hydrogen (secondary N) is 1. The summed E-state index contributed by atoms with van der Waals surface area (Å²) < 4.78 is 0. The van der Waals surface area contributed by atoms with Gasteiger partial charge in [0.25, 0.3) is 0 Å². The van der Waals surface area contributed by atoms with Crippen LogP contribution in [0.15, 0.2) is 0 Å². The van der Waals surface area contributed by atoms with Crippen LogP contribution in [0.2, 0.25) is 0 Å². The zero-order valence-electron chi connectivity index (χ0n) is 7.11. The molecule has 1 atom stereocenters. The van der Waals surface area contributed by atoms with Crippen molar-refractivity contribution < 1.29 is 0 Å². The molecule has 10 heavy (non-hydrogen) atoms. The fourth-order valence-corrected chi connectivity index (χ4v) is 2.40. The van der Waals surface area contributed by atoms with Gasteiger partial charge in [0.1, 0.15) is 0 Å². The van der Waals surface area contributed by atoms with E-state index >= 15 is 0 Å². The number of hydrogen-bond acceptors (Lipinski definition) is 2. The van der Waals surface area contributed by atoms with E-state index in [0.717, 1.165) is 11.8 Å². The van der Waals surface area contributed by atoms with Crippen LogP contribution >= 0.6 is 11.8 Å². The Labute approximate surface area is 68.0 Å². The normalized spacial score (nSPS) is 28.5. The van der Waals surface area contributed by atoms with Gasteiger partial charge in [-0.1, -0.05) is 20.8 Å². The molecule has 1 nitrogen and oxygen atoms in total. The maximum absolute atomic E-state index is 3.40. The zero-order chi connectivity index (χ0) is 7.61. The maximum atomic E-state index is 3.40. The van der Waals surface area contributed by atoms with Crippen LogP contribution in [0.4, 0.5) is 0 Å². The Balaban J connectivity index is 2.39. The molecule has 1 heterocycles. The van der Waals surface area contributed by atoms with Crippen molar-refractivity contribution in [2.24, 2.45) is 11.3 Å². The quantitative estimate of drug-likeness (QED) is 0.580. The number of thioether (sulfide) groups is 1. The Morgan fingerprint density at radius 3 is 2.40 bits per heavy atom. The van der Waals surface area contributed by atoms with Crippen molar-refractivity contribution >= 4 is 11.8 Å². The smallest absolute Gasteiger partial charge is 0.0418 e. The van der Waals surface area contributed by atoms with E-state index in [2.05, 4.69) is 26.1 Å². The van der Waals surface area contributed by atoms with Gasteiger partial charge in [-0.25, -0.2) is 0 Å². The van der Waals surface area contributed by atoms with E-state index in [1.54, 1.807) is 0 Å². The van der Waals surface area contributed by atoms with E-state index < -0.39 is 0 Å². The summed E-state index contributed by atoms with van der Waals surface area (Å²) in [6, 6.07) is 0. The zero-order valence-corrected chi connectivity index (χ0v) is 7.92. The van der Waals surface area contributed by atoms with Gasteiger partial charge in [0.05, 0.1) is 0 Å². The molecule has 0 aromatic carbocycles. The Bertz CT molecular complexity index is 100. The van der Waals surface area contributed by atoms with Gasteiger partial charge in [0.2, 0.25) is 0 Å². The molecule has 1 fully saturated rings. The summed E-state index contributed by atoms with van der Waals surface area (Å²) in [4.78, 5) is 0. The average Bonchev–Trinajstić information content (AvgIpc) is 1.88. The third kappa shape index (κ3) is 2.17. The van der Waals surface area contributed by atoms with E-state index in [9.17, 15) is 0 Å². The molecule has 1 aliphatic rings. The average molecular weight is 159 g/mol. The summed E-state index contributed by atoms with van der Waals surface area (Å²) in [7, 11) is 0. The van der Waals surface area contributed by atoms with Gasteiger partial charge in [-0.3, -0.25) is 0 Å². The predicted molar refractivity (Wildman–Crippen MR) is 48.3 cm³/mol. The maximum Gasteiger partial charge on any atom is 0.0418 e. The molecule has 1 aliphatic heterocycles. The highest BCUT2D eigenvalue weighted by Crippen LogP contribution is 2.30. The first kappa shape index (κ1) is 8.41. The van der Waals surface area contributed by atoms with Crippen molar-refractivity contribution in [2.45, 2.75) is 20.8 Å². The topological polar surface area (TPSA) is 12.0 Å². The standard InChI is InChI=1S/C8H17NS/c1-8(2,3)7-4-9-6-10-5-7/h7,9H,4-6H2,1-3H3. The van der Waals surface area contributed by atoms with E-state index in [0.29, 0.717) is 5.41 Å². The summed E-state index contributed by atoms with van der Waals surface area (Å²) in [5.41, 5.74) is 0.487. The van der Waals surface area contributed by atoms with Crippen LogP contribution in [0.3, 0.4) is 0 Å². The molecular weight excluding hydrogens is 142 g/mol. The van der Waals surface area contributed by atoms with Crippen LogP contribution in [0.25, 0.3) is 0 Å². The highest BCUT2D eigenvalue weighted by molar-refractivity contribution is 7.99. The van der Waals surface area contributed by atoms with Crippen molar-refractivity contribution in [3.8, 4) is 0 Å². The lowest BCUT2D eigenvalue weighted by molar-refractivity contribution is 0.257. The summed E-state index contributed by atoms with van der Waals surface area (Å²) >= 11 is 2.02. The van der Waals surface area contributed by atoms with Crippen LogP contribution in [-0.2, 0) is 0 Å². The molecule has 2 heteroatoms. The molecule has 1 N–H and O–H groups in total. The molecule has 1 rings (SSSR count). The Morgan fingerprint density at radius 2 is 2.10 bits per heavy atom. The highest BCUT2D eigenvalue weighted by Gasteiger charge is 2.25. The highest BCUT2D eigenvalue weighted by atomic mass is 32.2. The minimum atomic E-state index is 0.487. The predicted octanol–water partition coefficient (Wildman–Crippen LogP) is 1.94. The summed E-state index contributed by atoms with van der Waals surface area (Å²) in [5, 5.41) is 3.40. The van der Waals surface area contributed by atoms with E-state index in [1.807, 2.05) is 11.8 Å². The van der Waals surface area contributed by atoms with E-state index in [-0.39, 0.29) is 0 Å². The Morgan fingerprint density at radius 1 is 1.40 bits per heavy atom. The molecule has 1 saturated heterocycles. The lowest BCUT2D eigenvalue weighted by Gasteiger charge is -2.33. The van der Waals surface area contributed by atoms with Gasteiger partial charge in [0, 0.05) is 12.4 Å². The van der Waals surface area contributed by atoms with Gasteiger partial charge in [-0.2, -0.15) is 0 Å². The first-order chi connectivity index (χ1) is 4.61. The second-order valence-corrected chi connectivity index (χ2v) is 5.06. The molecular formula is C8H17NS. The number of rotatable bonds is 0. The molecule has 0 spiro atoms. The monoisotopic (exact) mass is 159 g/mol. The summed E-state index contributed by atoms with van der Waals surface area (Å²) in [6.45, 7) is 8.18. The molecule has 0 radical (unpaired) electrons. The van der Waals surface area contributed by atoms with Crippen molar-refractivity contribution in [1.82, 2.24) is 5.32 Å². The van der Waals surface area contributed by atoms with E-state index in [1.165, 1.54) is 12.3 Å². The molecule has 1 unspecified atom stereocenters. The Hall–Kier alpha value is 0.310. The molecule has 0 aromatic rings. The third-order valence-corrected chi connectivity index (χ3v) is 3.18. The lowest BCUT2D eigenvalue weighted by Crippen LogP contribution is -2.37. The molecule has 0 aliphatic carbocycles. The van der Waals surface area contributed by atoms with Crippen molar-refractivity contribution in [2.75, 3.05) is 18.2 Å². The van der Waals surface area contributed by atoms with Crippen molar-refractivity contribution in [3.05, 3.63) is 0 Å². The van der Waals surface area contributed by atoms with Crippen LogP contribution in [0.5, 0.6) is 0 Å². The Kier molecular flexibility index (Phi) is 2.64. The van der Waals surface area contributed by atoms with Crippen molar-refractivity contribution in [3.63, 3.8) is 0 Å². The van der Waals surface area contributed by atoms with Gasteiger partial charge >= 0.3 is 0 Å². The molecule has 0 saturated carbocycles. The summed E-state index contributed by atoms with van der Waals surface area (Å²) in [5.74, 6) is 3.33. The first-order valence-electron chi connectivity index (χ1n) is 3.89. The van der Waals surface area contributed by atoms with Crippen LogP contribution < -0.4 is 5.32 Å². The second kappa shape index (κ2) is 3.14. The van der Waals surface area contributed by atoms with Crippen LogP contribution in [-0.4, -0.2) is 18.2 Å². The third-order valence-electron chi connectivity index (χ3n) is 2.14. The fourth-order valence-electron chi connectivity index (χ4n) is 1.12. The second-order valence-electron chi connectivity index (χ2n) is 4.03. The molecule has 0 bridgehead atoms. The largest absolute Gasteiger partial charge is 0.308 e. The van der Waals surface area contributed by atoms with Crippen LogP contribution in [0.1, 0.15) is 20.8 Å². The van der Waals surface area contributed by atoms with Gasteiger partial charge in [-0.05, 0) is 17.1 Å². The van der Waals surface area contributed by atoms with Gasteiger partial charge in [-0.15, -0.1) is 11.8 Å². The van der Waals surface area contributed by atoms with Gasteiger partial charge < -0.3 is 5.32 Å². The molecule has 60 valence electrons. The first-order valence-corrected chi connectivity index (χ1v) is 5.04. The minimum Gasteiger partial charge on any atom is -0.308 e. The number of hydrogen-bond donors (Lipinski definition) is 1. The summed E-state index contributed by atoms with van der Waals surface area (Å²) in [6.07, 6.45) is 0. The van der Waals surface area contributed by atoms with Crippen LogP contribution in [0, 0.1) is 11.3 Å². The lowest BCUT2D eigenvalue weighted by atomic mass is 9.82. The molecule has 0 amide bonds. The van der Waals surface area contributed by atoms with Gasteiger partial charge in [0.15, 0.2) is 0 Å². The molecule has 0 aromatic heterocycles. The van der Waals surface area contributed by atoms with Crippen molar-refractivity contribution in [1.29, 1.82) is 0 Å². The fraction of sp³-hybridized carbons (Fsp3) is 1.00. The SMILES string of the molecule is CC(C)(C)C1CNCSC1. The minimum absolute atomic E-state index is 0.487.